The molecular formula is C33H34N2O6S2. The normalized spacial score (nSPS) is 11.3. The predicted octanol–water partition coefficient (Wildman–Crippen LogP) is 5.77. The zero-order valence-electron chi connectivity index (χ0n) is 24.4. The van der Waals surface area contributed by atoms with Crippen LogP contribution in [0.1, 0.15) is 40.4 Å². The van der Waals surface area contributed by atoms with Gasteiger partial charge in [-0.1, -0.05) is 67.6 Å². The summed E-state index contributed by atoms with van der Waals surface area (Å²) in [6.07, 6.45) is 1.34. The van der Waals surface area contributed by atoms with Crippen LogP contribution in [-0.4, -0.2) is 54.5 Å². The third-order valence-electron chi connectivity index (χ3n) is 7.04. The van der Waals surface area contributed by atoms with Gasteiger partial charge in [0, 0.05) is 35.0 Å². The Balaban J connectivity index is 1.71. The molecule has 4 aromatic rings. The van der Waals surface area contributed by atoms with Crippen LogP contribution in [0.2, 0.25) is 0 Å². The van der Waals surface area contributed by atoms with Gasteiger partial charge < -0.3 is 4.74 Å². The first kappa shape index (κ1) is 31.8. The Kier molecular flexibility index (Phi) is 10.3. The van der Waals surface area contributed by atoms with Gasteiger partial charge in [0.05, 0.1) is 23.9 Å². The average molecular weight is 619 g/mol. The van der Waals surface area contributed by atoms with E-state index in [2.05, 4.69) is 6.58 Å². The van der Waals surface area contributed by atoms with E-state index in [1.807, 2.05) is 38.1 Å². The van der Waals surface area contributed by atoms with Crippen molar-refractivity contribution >= 4 is 50.5 Å². The first-order valence-electron chi connectivity index (χ1n) is 13.8. The molecule has 1 aromatic heterocycles. The molecule has 8 nitrogen and oxygen atoms in total. The number of rotatable bonds is 12. The maximum absolute atomic E-state index is 13.9. The fourth-order valence-corrected chi connectivity index (χ4v) is 6.79. The minimum absolute atomic E-state index is 0.0417. The number of para-hydroxylation sites is 1. The number of amides is 2. The number of hydrogen-bond donors (Lipinski definition) is 0. The van der Waals surface area contributed by atoms with Gasteiger partial charge in [0.1, 0.15) is 0 Å². The van der Waals surface area contributed by atoms with Crippen LogP contribution in [0, 0.1) is 6.92 Å². The quantitative estimate of drug-likeness (QED) is 0.147. The van der Waals surface area contributed by atoms with Crippen molar-refractivity contribution in [1.82, 2.24) is 8.87 Å². The van der Waals surface area contributed by atoms with Crippen molar-refractivity contribution in [2.75, 3.05) is 19.4 Å². The second-order valence-corrected chi connectivity index (χ2v) is 13.0. The first-order valence-corrected chi connectivity index (χ1v) is 16.4. The molecule has 0 bridgehead atoms. The molecule has 0 unspecified atom stereocenters. The average Bonchev–Trinajstić information content (AvgIpc) is 3.39. The van der Waals surface area contributed by atoms with Gasteiger partial charge in [-0.15, -0.1) is 0 Å². The second kappa shape index (κ2) is 13.9. The number of aryl methyl sites for hydroxylation is 1. The van der Waals surface area contributed by atoms with Crippen LogP contribution in [0.25, 0.3) is 10.9 Å². The summed E-state index contributed by atoms with van der Waals surface area (Å²) in [7, 11) is -2.72. The van der Waals surface area contributed by atoms with E-state index in [9.17, 15) is 22.8 Å². The molecule has 0 fully saturated rings. The number of carbonyl (C=O) groups is 3. The minimum atomic E-state index is -3.91. The SMILES string of the molecule is C=C(CC(=O)N(CCc1cn(S(=O)(=O)c2ccc(C)cc2)c2ccccc12)C(=O)c1ccccc1CSCC)C(=O)OC. The lowest BCUT2D eigenvalue weighted by Crippen LogP contribution is -2.39. The molecular weight excluding hydrogens is 585 g/mol. The standard InChI is InChI=1S/C33H34N2O6S2/c1-5-42-22-26-10-6-7-12-29(26)32(37)34(31(36)20-24(3)33(38)41-4)19-18-25-21-35(30-13-9-8-11-28(25)30)43(39,40)27-16-14-23(2)15-17-27/h6-17,21H,3,5,18-20,22H2,1-2,4H3. The van der Waals surface area contributed by atoms with E-state index >= 15 is 0 Å². The van der Waals surface area contributed by atoms with Gasteiger partial charge in [-0.2, -0.15) is 11.8 Å². The maximum atomic E-state index is 13.9. The Labute approximate surface area is 256 Å². The van der Waals surface area contributed by atoms with Crippen LogP contribution >= 0.6 is 11.8 Å². The largest absolute Gasteiger partial charge is 0.466 e. The third-order valence-corrected chi connectivity index (χ3v) is 9.65. The molecule has 0 spiro atoms. The Morgan fingerprint density at radius 1 is 0.953 bits per heavy atom. The summed E-state index contributed by atoms with van der Waals surface area (Å²) < 4.78 is 33.2. The molecule has 43 heavy (non-hydrogen) atoms. The zero-order chi connectivity index (χ0) is 31.1. The van der Waals surface area contributed by atoms with Crippen molar-refractivity contribution < 1.29 is 27.5 Å². The fourth-order valence-electron chi connectivity index (χ4n) is 4.72. The number of esters is 1. The number of ether oxygens (including phenoxy) is 1. The molecule has 0 aliphatic heterocycles. The summed E-state index contributed by atoms with van der Waals surface area (Å²) in [5, 5.41) is 0.691. The second-order valence-electron chi connectivity index (χ2n) is 9.95. The number of nitrogens with zero attached hydrogens (tertiary/aromatic N) is 2. The maximum Gasteiger partial charge on any atom is 0.333 e. The number of benzene rings is 3. The van der Waals surface area contributed by atoms with Crippen molar-refractivity contribution in [2.24, 2.45) is 0 Å². The lowest BCUT2D eigenvalue weighted by molar-refractivity contribution is -0.138. The molecule has 2 amide bonds. The van der Waals surface area contributed by atoms with Crippen molar-refractivity contribution in [3.8, 4) is 0 Å². The highest BCUT2D eigenvalue weighted by molar-refractivity contribution is 7.98. The monoisotopic (exact) mass is 618 g/mol. The molecule has 0 atom stereocenters. The number of aromatic nitrogens is 1. The van der Waals surface area contributed by atoms with Gasteiger partial charge in [0.25, 0.3) is 15.9 Å². The summed E-state index contributed by atoms with van der Waals surface area (Å²) in [6.45, 7) is 7.52. The topological polar surface area (TPSA) is 103 Å². The van der Waals surface area contributed by atoms with Crippen LogP contribution in [0.3, 0.4) is 0 Å². The lowest BCUT2D eigenvalue weighted by atomic mass is 10.1. The molecule has 4 rings (SSSR count). The minimum Gasteiger partial charge on any atom is -0.466 e. The fraction of sp³-hybridized carbons (Fsp3) is 0.242. The van der Waals surface area contributed by atoms with Crippen molar-refractivity contribution in [1.29, 1.82) is 0 Å². The van der Waals surface area contributed by atoms with Crippen molar-refractivity contribution in [3.05, 3.63) is 113 Å². The van der Waals surface area contributed by atoms with Crippen LogP contribution in [0.15, 0.2) is 96.0 Å². The molecule has 0 saturated heterocycles. The Hall–Kier alpha value is -4.15. The number of fused-ring (bicyclic) bond motifs is 1. The van der Waals surface area contributed by atoms with Crippen molar-refractivity contribution in [2.45, 2.75) is 37.3 Å². The number of carbonyl (C=O) groups excluding carboxylic acids is 3. The molecule has 224 valence electrons. The molecule has 0 saturated carbocycles. The highest BCUT2D eigenvalue weighted by Gasteiger charge is 2.28. The Bertz CT molecular complexity index is 1770. The number of thioether (sulfide) groups is 1. The van der Waals surface area contributed by atoms with E-state index in [-0.39, 0.29) is 23.4 Å². The van der Waals surface area contributed by atoms with Gasteiger partial charge in [-0.3, -0.25) is 14.5 Å². The van der Waals surface area contributed by atoms with E-state index in [1.54, 1.807) is 66.5 Å². The Morgan fingerprint density at radius 2 is 1.63 bits per heavy atom. The van der Waals surface area contributed by atoms with Gasteiger partial charge in [0.2, 0.25) is 5.91 Å². The first-order chi connectivity index (χ1) is 20.6. The van der Waals surface area contributed by atoms with E-state index < -0.39 is 34.2 Å². The number of imide groups is 1. The summed E-state index contributed by atoms with van der Waals surface area (Å²) >= 11 is 1.66. The van der Waals surface area contributed by atoms with Gasteiger partial charge in [-0.25, -0.2) is 17.2 Å². The smallest absolute Gasteiger partial charge is 0.333 e. The van der Waals surface area contributed by atoms with Crippen LogP contribution < -0.4 is 0 Å². The predicted molar refractivity (Wildman–Crippen MR) is 169 cm³/mol. The lowest BCUT2D eigenvalue weighted by Gasteiger charge is -2.22. The Morgan fingerprint density at radius 3 is 2.33 bits per heavy atom. The van der Waals surface area contributed by atoms with Crippen LogP contribution in [0.4, 0.5) is 0 Å². The zero-order valence-corrected chi connectivity index (χ0v) is 26.0. The molecule has 0 aliphatic carbocycles. The molecule has 0 N–H and O–H groups in total. The molecule has 3 aromatic carbocycles. The van der Waals surface area contributed by atoms with Crippen molar-refractivity contribution in [3.63, 3.8) is 0 Å². The molecule has 0 radical (unpaired) electrons. The van der Waals surface area contributed by atoms with Gasteiger partial charge in [0.15, 0.2) is 0 Å². The molecule has 0 aliphatic rings. The van der Waals surface area contributed by atoms with E-state index in [0.717, 1.165) is 21.8 Å². The van der Waals surface area contributed by atoms with Crippen LogP contribution in [0.5, 0.6) is 0 Å². The molecule has 1 heterocycles. The highest BCUT2D eigenvalue weighted by atomic mass is 32.2. The summed E-state index contributed by atoms with van der Waals surface area (Å²) in [5.41, 5.74) is 3.20. The van der Waals surface area contributed by atoms with Gasteiger partial charge >= 0.3 is 5.97 Å². The van der Waals surface area contributed by atoms with E-state index in [1.165, 1.54) is 11.1 Å². The third kappa shape index (κ3) is 7.09. The number of methoxy groups -OCH3 is 1. The van der Waals surface area contributed by atoms with Crippen LogP contribution in [-0.2, 0) is 36.5 Å². The highest BCUT2D eigenvalue weighted by Crippen LogP contribution is 2.27. The van der Waals surface area contributed by atoms with E-state index in [4.69, 9.17) is 4.74 Å². The summed E-state index contributed by atoms with van der Waals surface area (Å²) in [6, 6.07) is 20.9. The summed E-state index contributed by atoms with van der Waals surface area (Å²) in [5.74, 6) is -0.371. The van der Waals surface area contributed by atoms with Gasteiger partial charge in [-0.05, 0) is 54.5 Å². The molecule has 10 heteroatoms. The number of hydrogen-bond acceptors (Lipinski definition) is 7. The summed E-state index contributed by atoms with van der Waals surface area (Å²) in [4.78, 5) is 40.7. The van der Waals surface area contributed by atoms with E-state index in [0.29, 0.717) is 27.8 Å².